The lowest BCUT2D eigenvalue weighted by atomic mass is 9.98. The van der Waals surface area contributed by atoms with Gasteiger partial charge in [-0.15, -0.1) is 24.8 Å². The summed E-state index contributed by atoms with van der Waals surface area (Å²) < 4.78 is 0. The van der Waals surface area contributed by atoms with Crippen LogP contribution in [0.25, 0.3) is 0 Å². The lowest BCUT2D eigenvalue weighted by molar-refractivity contribution is -0.122. The number of carbonyl (C=O) groups is 1. The molecule has 25 heavy (non-hydrogen) atoms. The summed E-state index contributed by atoms with van der Waals surface area (Å²) in [6.07, 6.45) is 0. The number of rotatable bonds is 7. The van der Waals surface area contributed by atoms with Crippen LogP contribution >= 0.6 is 24.8 Å². The summed E-state index contributed by atoms with van der Waals surface area (Å²) in [5, 5.41) is 3.02. The minimum absolute atomic E-state index is 0. The van der Waals surface area contributed by atoms with Gasteiger partial charge in [0.05, 0.1) is 5.92 Å². The molecule has 0 saturated carbocycles. The van der Waals surface area contributed by atoms with Crippen LogP contribution in [0.15, 0.2) is 54.6 Å². The summed E-state index contributed by atoms with van der Waals surface area (Å²) >= 11 is 0. The van der Waals surface area contributed by atoms with Crippen LogP contribution in [-0.2, 0) is 17.9 Å². The summed E-state index contributed by atoms with van der Waals surface area (Å²) in [5.41, 5.74) is 9.12. The molecule has 0 fully saturated rings. The minimum Gasteiger partial charge on any atom is -0.351 e. The third kappa shape index (κ3) is 7.04. The summed E-state index contributed by atoms with van der Waals surface area (Å²) in [5.74, 6) is -0.337. The predicted octanol–water partition coefficient (Wildman–Crippen LogP) is 2.95. The Labute approximate surface area is 162 Å². The van der Waals surface area contributed by atoms with Gasteiger partial charge in [0.15, 0.2) is 0 Å². The molecule has 4 nitrogen and oxygen atoms in total. The Morgan fingerprint density at radius 2 is 1.56 bits per heavy atom. The molecule has 138 valence electrons. The summed E-state index contributed by atoms with van der Waals surface area (Å²) in [7, 11) is 4.07. The molecule has 6 heteroatoms. The highest BCUT2D eigenvalue weighted by atomic mass is 35.5. The van der Waals surface area contributed by atoms with E-state index in [0.717, 1.165) is 17.7 Å². The first kappa shape index (κ1) is 23.4. The SMILES string of the molecule is CN(C)Cc1ccccc1CNC(=O)C(CN)c1ccccc1.Cl.Cl. The molecule has 0 aliphatic heterocycles. The average molecular weight is 384 g/mol. The molecule has 1 amide bonds. The van der Waals surface area contributed by atoms with Crippen molar-refractivity contribution < 1.29 is 4.79 Å². The smallest absolute Gasteiger partial charge is 0.229 e. The number of nitrogens with one attached hydrogen (secondary N) is 1. The van der Waals surface area contributed by atoms with Gasteiger partial charge in [-0.3, -0.25) is 4.79 Å². The second-order valence-corrected chi connectivity index (χ2v) is 5.92. The summed E-state index contributed by atoms with van der Waals surface area (Å²) in [4.78, 5) is 14.6. The highest BCUT2D eigenvalue weighted by molar-refractivity contribution is 5.85. The second kappa shape index (κ2) is 11.9. The van der Waals surface area contributed by atoms with Crippen LogP contribution in [0.3, 0.4) is 0 Å². The maximum Gasteiger partial charge on any atom is 0.229 e. The van der Waals surface area contributed by atoms with Crippen LogP contribution in [0, 0.1) is 0 Å². The van der Waals surface area contributed by atoms with E-state index < -0.39 is 0 Å². The van der Waals surface area contributed by atoms with Crippen molar-refractivity contribution in [1.29, 1.82) is 0 Å². The zero-order chi connectivity index (χ0) is 16.7. The van der Waals surface area contributed by atoms with Gasteiger partial charge in [0.1, 0.15) is 0 Å². The van der Waals surface area contributed by atoms with Gasteiger partial charge in [0.25, 0.3) is 0 Å². The molecule has 2 aromatic rings. The number of nitrogens with zero attached hydrogens (tertiary/aromatic N) is 1. The van der Waals surface area contributed by atoms with Crippen molar-refractivity contribution in [3.63, 3.8) is 0 Å². The third-order valence-corrected chi connectivity index (χ3v) is 3.81. The molecule has 0 saturated heterocycles. The van der Waals surface area contributed by atoms with Gasteiger partial charge in [-0.05, 0) is 30.8 Å². The van der Waals surface area contributed by atoms with Gasteiger partial charge < -0.3 is 16.0 Å². The monoisotopic (exact) mass is 383 g/mol. The maximum atomic E-state index is 12.5. The third-order valence-electron chi connectivity index (χ3n) is 3.81. The van der Waals surface area contributed by atoms with Crippen LogP contribution in [0.1, 0.15) is 22.6 Å². The zero-order valence-electron chi connectivity index (χ0n) is 14.6. The first-order chi connectivity index (χ1) is 11.1. The Balaban J connectivity index is 0.00000288. The van der Waals surface area contributed by atoms with Crippen molar-refractivity contribution in [1.82, 2.24) is 10.2 Å². The zero-order valence-corrected chi connectivity index (χ0v) is 16.3. The molecule has 0 aliphatic rings. The number of hydrogen-bond acceptors (Lipinski definition) is 3. The molecule has 3 N–H and O–H groups in total. The predicted molar refractivity (Wildman–Crippen MR) is 108 cm³/mol. The molecule has 0 bridgehead atoms. The highest BCUT2D eigenvalue weighted by Crippen LogP contribution is 2.15. The number of carbonyl (C=O) groups excluding carboxylic acids is 1. The molecule has 0 aromatic heterocycles. The van der Waals surface area contributed by atoms with E-state index in [2.05, 4.69) is 22.3 Å². The topological polar surface area (TPSA) is 58.4 Å². The first-order valence-electron chi connectivity index (χ1n) is 7.86. The van der Waals surface area contributed by atoms with Crippen molar-refractivity contribution in [3.05, 3.63) is 71.3 Å². The van der Waals surface area contributed by atoms with E-state index in [4.69, 9.17) is 5.73 Å². The van der Waals surface area contributed by atoms with Crippen molar-refractivity contribution in [2.45, 2.75) is 19.0 Å². The summed E-state index contributed by atoms with van der Waals surface area (Å²) in [6, 6.07) is 17.9. The van der Waals surface area contributed by atoms with Crippen LogP contribution in [0.5, 0.6) is 0 Å². The fraction of sp³-hybridized carbons (Fsp3) is 0.316. The molecule has 2 rings (SSSR count). The Morgan fingerprint density at radius 3 is 2.12 bits per heavy atom. The fourth-order valence-electron chi connectivity index (χ4n) is 2.61. The fourth-order valence-corrected chi connectivity index (χ4v) is 2.61. The summed E-state index contributed by atoms with van der Waals surface area (Å²) in [6.45, 7) is 1.67. The van der Waals surface area contributed by atoms with Crippen molar-refractivity contribution >= 4 is 30.7 Å². The quantitative estimate of drug-likeness (QED) is 0.772. The molecule has 1 atom stereocenters. The number of halogens is 2. The van der Waals surface area contributed by atoms with Crippen molar-refractivity contribution in [3.8, 4) is 0 Å². The standard InChI is InChI=1S/C19H25N3O.2ClH/c1-22(2)14-17-11-7-6-10-16(17)13-21-19(23)18(12-20)15-8-4-3-5-9-15;;/h3-11,18H,12-14,20H2,1-2H3,(H,21,23);2*1H. The maximum absolute atomic E-state index is 12.5. The molecule has 0 radical (unpaired) electrons. The van der Waals surface area contributed by atoms with Gasteiger partial charge in [-0.2, -0.15) is 0 Å². The molecule has 0 spiro atoms. The van der Waals surface area contributed by atoms with E-state index in [0.29, 0.717) is 13.1 Å². The Kier molecular flexibility index (Phi) is 11.1. The molecular weight excluding hydrogens is 357 g/mol. The largest absolute Gasteiger partial charge is 0.351 e. The molecular formula is C19H27Cl2N3O. The van der Waals surface area contributed by atoms with Crippen LogP contribution in [-0.4, -0.2) is 31.4 Å². The Hall–Kier alpha value is -1.59. The molecule has 0 heterocycles. The molecule has 1 unspecified atom stereocenters. The normalized spacial score (nSPS) is 11.2. The lowest BCUT2D eigenvalue weighted by Crippen LogP contribution is -2.33. The number of benzene rings is 2. The van der Waals surface area contributed by atoms with Gasteiger partial charge >= 0.3 is 0 Å². The van der Waals surface area contributed by atoms with Gasteiger partial charge in [-0.1, -0.05) is 54.6 Å². The molecule has 0 aliphatic carbocycles. The van der Waals surface area contributed by atoms with E-state index in [1.165, 1.54) is 5.56 Å². The van der Waals surface area contributed by atoms with E-state index in [1.54, 1.807) is 0 Å². The van der Waals surface area contributed by atoms with Crippen molar-refractivity contribution in [2.75, 3.05) is 20.6 Å². The highest BCUT2D eigenvalue weighted by Gasteiger charge is 2.18. The Morgan fingerprint density at radius 1 is 1.00 bits per heavy atom. The van der Waals surface area contributed by atoms with E-state index in [1.807, 2.05) is 56.6 Å². The van der Waals surface area contributed by atoms with Crippen LogP contribution in [0.2, 0.25) is 0 Å². The first-order valence-corrected chi connectivity index (χ1v) is 7.86. The second-order valence-electron chi connectivity index (χ2n) is 5.92. The van der Waals surface area contributed by atoms with E-state index >= 15 is 0 Å². The lowest BCUT2D eigenvalue weighted by Gasteiger charge is -2.17. The van der Waals surface area contributed by atoms with E-state index in [-0.39, 0.29) is 36.6 Å². The number of nitrogens with two attached hydrogens (primary N) is 1. The van der Waals surface area contributed by atoms with Crippen molar-refractivity contribution in [2.24, 2.45) is 5.73 Å². The average Bonchev–Trinajstić information content (AvgIpc) is 2.55. The molecule has 2 aromatic carbocycles. The number of hydrogen-bond donors (Lipinski definition) is 2. The van der Waals surface area contributed by atoms with Gasteiger partial charge in [0, 0.05) is 19.6 Å². The van der Waals surface area contributed by atoms with E-state index in [9.17, 15) is 4.79 Å². The minimum atomic E-state index is -0.308. The van der Waals surface area contributed by atoms with Crippen LogP contribution < -0.4 is 11.1 Å². The van der Waals surface area contributed by atoms with Crippen LogP contribution in [0.4, 0.5) is 0 Å². The van der Waals surface area contributed by atoms with Gasteiger partial charge in [-0.25, -0.2) is 0 Å². The van der Waals surface area contributed by atoms with Gasteiger partial charge in [0.2, 0.25) is 5.91 Å². The number of amides is 1. The Bertz CT molecular complexity index is 636.